The molecule has 1 amide bonds. The van der Waals surface area contributed by atoms with Crippen molar-refractivity contribution in [3.63, 3.8) is 0 Å². The van der Waals surface area contributed by atoms with Crippen LogP contribution in [0.25, 0.3) is 0 Å². The molecule has 0 bridgehead atoms. The minimum atomic E-state index is -0.222. The number of carbonyl (C=O) groups is 1. The zero-order chi connectivity index (χ0) is 19.2. The molecule has 0 aliphatic carbocycles. The van der Waals surface area contributed by atoms with Crippen molar-refractivity contribution in [1.82, 2.24) is 4.98 Å². The van der Waals surface area contributed by atoms with Gasteiger partial charge >= 0.3 is 0 Å². The van der Waals surface area contributed by atoms with Crippen molar-refractivity contribution in [2.24, 2.45) is 0 Å². The first-order valence-electron chi connectivity index (χ1n) is 8.86. The number of nitrogens with one attached hydrogen (secondary N) is 1. The van der Waals surface area contributed by atoms with Gasteiger partial charge in [-0.1, -0.05) is 18.2 Å². The first-order chi connectivity index (χ1) is 13.1. The molecule has 1 heterocycles. The maximum Gasteiger partial charge on any atom is 0.256 e. The molecule has 5 heteroatoms. The van der Waals surface area contributed by atoms with Crippen LogP contribution in [0.2, 0.25) is 0 Å². The van der Waals surface area contributed by atoms with Crippen LogP contribution in [-0.2, 0) is 0 Å². The molecule has 5 nitrogen and oxygen atoms in total. The normalized spacial score (nSPS) is 10.3. The molecule has 0 aliphatic heterocycles. The van der Waals surface area contributed by atoms with Gasteiger partial charge in [0.2, 0.25) is 0 Å². The third-order valence-electron chi connectivity index (χ3n) is 4.26. The molecule has 0 aliphatic rings. The number of anilines is 3. The van der Waals surface area contributed by atoms with Crippen molar-refractivity contribution in [3.05, 3.63) is 78.0 Å². The third kappa shape index (κ3) is 4.44. The largest absolute Gasteiger partial charge is 0.497 e. The van der Waals surface area contributed by atoms with E-state index in [1.165, 1.54) is 5.56 Å². The second kappa shape index (κ2) is 8.36. The molecule has 0 spiro atoms. The summed E-state index contributed by atoms with van der Waals surface area (Å²) in [6, 6.07) is 19.1. The molecule has 138 valence electrons. The smallest absolute Gasteiger partial charge is 0.256 e. The highest BCUT2D eigenvalue weighted by Crippen LogP contribution is 2.26. The highest BCUT2D eigenvalue weighted by atomic mass is 16.5. The lowest BCUT2D eigenvalue weighted by molar-refractivity contribution is 0.102. The second-order valence-electron chi connectivity index (χ2n) is 6.17. The predicted molar refractivity (Wildman–Crippen MR) is 109 cm³/mol. The number of nitrogens with zero attached hydrogens (tertiary/aromatic N) is 2. The molecule has 0 radical (unpaired) electrons. The van der Waals surface area contributed by atoms with E-state index in [-0.39, 0.29) is 5.91 Å². The van der Waals surface area contributed by atoms with E-state index in [2.05, 4.69) is 47.2 Å². The number of carbonyl (C=O) groups excluding carboxylic acids is 1. The molecule has 1 N–H and O–H groups in total. The van der Waals surface area contributed by atoms with Crippen LogP contribution >= 0.6 is 0 Å². The van der Waals surface area contributed by atoms with Gasteiger partial charge in [0.25, 0.3) is 5.91 Å². The Morgan fingerprint density at radius 2 is 1.89 bits per heavy atom. The summed E-state index contributed by atoms with van der Waals surface area (Å²) in [5.41, 5.74) is 3.83. The molecule has 0 atom stereocenters. The standard InChI is InChI=1S/C22H23N3O2/c1-4-25(18-9-5-7-16(2)13-18)19-11-12-21(23-15-19)24-22(26)17-8-6-10-20(14-17)27-3/h5-15H,4H2,1-3H3,(H,23,24,26). The zero-order valence-electron chi connectivity index (χ0n) is 15.8. The van der Waals surface area contributed by atoms with Crippen molar-refractivity contribution in [2.45, 2.75) is 13.8 Å². The second-order valence-corrected chi connectivity index (χ2v) is 6.17. The summed E-state index contributed by atoms with van der Waals surface area (Å²) in [5.74, 6) is 0.926. The predicted octanol–water partition coefficient (Wildman–Crippen LogP) is 4.81. The average Bonchev–Trinajstić information content (AvgIpc) is 2.70. The van der Waals surface area contributed by atoms with E-state index >= 15 is 0 Å². The van der Waals surface area contributed by atoms with Gasteiger partial charge in [-0.3, -0.25) is 4.79 Å². The van der Waals surface area contributed by atoms with Crippen LogP contribution in [0.15, 0.2) is 66.9 Å². The Morgan fingerprint density at radius 3 is 2.56 bits per heavy atom. The molecule has 0 fully saturated rings. The van der Waals surface area contributed by atoms with Crippen molar-refractivity contribution >= 4 is 23.1 Å². The summed E-state index contributed by atoms with van der Waals surface area (Å²) < 4.78 is 5.16. The van der Waals surface area contributed by atoms with Gasteiger partial charge in [0, 0.05) is 17.8 Å². The number of hydrogen-bond acceptors (Lipinski definition) is 4. The SMILES string of the molecule is CCN(c1ccc(NC(=O)c2cccc(OC)c2)nc1)c1cccc(C)c1. The molecule has 27 heavy (non-hydrogen) atoms. The summed E-state index contributed by atoms with van der Waals surface area (Å²) in [6.45, 7) is 4.99. The highest BCUT2D eigenvalue weighted by Gasteiger charge is 2.10. The number of hydrogen-bond donors (Lipinski definition) is 1. The van der Waals surface area contributed by atoms with Crippen LogP contribution in [0.4, 0.5) is 17.2 Å². The van der Waals surface area contributed by atoms with Crippen LogP contribution in [0, 0.1) is 6.92 Å². The molecule has 0 saturated carbocycles. The summed E-state index contributed by atoms with van der Waals surface area (Å²) in [6.07, 6.45) is 1.77. The van der Waals surface area contributed by atoms with E-state index in [0.29, 0.717) is 17.1 Å². The van der Waals surface area contributed by atoms with Crippen LogP contribution in [-0.4, -0.2) is 24.5 Å². The fourth-order valence-electron chi connectivity index (χ4n) is 2.88. The zero-order valence-corrected chi connectivity index (χ0v) is 15.8. The number of aryl methyl sites for hydroxylation is 1. The van der Waals surface area contributed by atoms with Crippen molar-refractivity contribution in [2.75, 3.05) is 23.9 Å². The van der Waals surface area contributed by atoms with Gasteiger partial charge in [-0.05, 0) is 61.9 Å². The summed E-state index contributed by atoms with van der Waals surface area (Å²) in [7, 11) is 1.57. The Morgan fingerprint density at radius 1 is 1.07 bits per heavy atom. The van der Waals surface area contributed by atoms with E-state index in [0.717, 1.165) is 17.9 Å². The molecule has 3 rings (SSSR count). The van der Waals surface area contributed by atoms with E-state index in [1.807, 2.05) is 18.2 Å². The van der Waals surface area contributed by atoms with Gasteiger partial charge in [0.1, 0.15) is 11.6 Å². The Bertz CT molecular complexity index is 923. The van der Waals surface area contributed by atoms with Crippen LogP contribution in [0.5, 0.6) is 5.75 Å². The number of pyridine rings is 1. The Hall–Kier alpha value is -3.34. The van der Waals surface area contributed by atoms with Gasteiger partial charge in [-0.15, -0.1) is 0 Å². The van der Waals surface area contributed by atoms with Gasteiger partial charge in [0.05, 0.1) is 19.0 Å². The fourth-order valence-corrected chi connectivity index (χ4v) is 2.88. The van der Waals surface area contributed by atoms with E-state index in [4.69, 9.17) is 4.74 Å². The number of ether oxygens (including phenoxy) is 1. The van der Waals surface area contributed by atoms with E-state index in [1.54, 1.807) is 37.6 Å². The van der Waals surface area contributed by atoms with Crippen molar-refractivity contribution < 1.29 is 9.53 Å². The first kappa shape index (κ1) is 18.5. The van der Waals surface area contributed by atoms with Gasteiger partial charge in [0.15, 0.2) is 0 Å². The summed E-state index contributed by atoms with van der Waals surface area (Å²) >= 11 is 0. The Labute approximate surface area is 159 Å². The molecular weight excluding hydrogens is 338 g/mol. The van der Waals surface area contributed by atoms with Gasteiger partial charge in [-0.25, -0.2) is 4.98 Å². The lowest BCUT2D eigenvalue weighted by Crippen LogP contribution is -2.17. The van der Waals surface area contributed by atoms with E-state index in [9.17, 15) is 4.79 Å². The lowest BCUT2D eigenvalue weighted by Gasteiger charge is -2.23. The Balaban J connectivity index is 1.75. The molecule has 0 saturated heterocycles. The number of rotatable bonds is 6. The maximum absolute atomic E-state index is 12.4. The van der Waals surface area contributed by atoms with E-state index < -0.39 is 0 Å². The van der Waals surface area contributed by atoms with Crippen LogP contribution in [0.1, 0.15) is 22.8 Å². The molecule has 1 aromatic heterocycles. The average molecular weight is 361 g/mol. The fraction of sp³-hybridized carbons (Fsp3) is 0.182. The molecular formula is C22H23N3O2. The number of aromatic nitrogens is 1. The summed E-state index contributed by atoms with van der Waals surface area (Å²) in [4.78, 5) is 19.0. The van der Waals surface area contributed by atoms with Gasteiger partial charge in [-0.2, -0.15) is 0 Å². The number of methoxy groups -OCH3 is 1. The quantitative estimate of drug-likeness (QED) is 0.685. The van der Waals surface area contributed by atoms with Gasteiger partial charge < -0.3 is 15.0 Å². The van der Waals surface area contributed by atoms with Crippen LogP contribution in [0.3, 0.4) is 0 Å². The Kier molecular flexibility index (Phi) is 5.71. The molecule has 0 unspecified atom stereocenters. The minimum Gasteiger partial charge on any atom is -0.497 e. The van der Waals surface area contributed by atoms with Crippen molar-refractivity contribution in [1.29, 1.82) is 0 Å². The highest BCUT2D eigenvalue weighted by molar-refractivity contribution is 6.04. The van der Waals surface area contributed by atoms with Crippen molar-refractivity contribution in [3.8, 4) is 5.75 Å². The minimum absolute atomic E-state index is 0.222. The number of amides is 1. The molecule has 2 aromatic carbocycles. The van der Waals surface area contributed by atoms with Crippen LogP contribution < -0.4 is 15.0 Å². The monoisotopic (exact) mass is 361 g/mol. The maximum atomic E-state index is 12.4. The number of benzene rings is 2. The lowest BCUT2D eigenvalue weighted by atomic mass is 10.2. The third-order valence-corrected chi connectivity index (χ3v) is 4.26. The topological polar surface area (TPSA) is 54.5 Å². The summed E-state index contributed by atoms with van der Waals surface area (Å²) in [5, 5.41) is 2.82. The first-order valence-corrected chi connectivity index (χ1v) is 8.86. The molecule has 3 aromatic rings.